The van der Waals surface area contributed by atoms with E-state index in [0.717, 1.165) is 10.6 Å². The summed E-state index contributed by atoms with van der Waals surface area (Å²) in [5.74, 6) is -2.79. The van der Waals surface area contributed by atoms with E-state index in [0.29, 0.717) is 11.3 Å². The monoisotopic (exact) mass is 454 g/mol. The van der Waals surface area contributed by atoms with Crippen LogP contribution < -0.4 is 5.43 Å². The first-order valence-electron chi connectivity index (χ1n) is 9.94. The van der Waals surface area contributed by atoms with E-state index in [2.05, 4.69) is 20.7 Å². The second kappa shape index (κ2) is 9.05. The molecule has 32 heavy (non-hydrogen) atoms. The minimum atomic E-state index is -4.66. The Labute approximate surface area is 181 Å². The van der Waals surface area contributed by atoms with E-state index < -0.39 is 29.8 Å². The number of carbonyl (C=O) groups is 2. The molecule has 3 rings (SSSR count). The molecule has 1 atom stereocenters. The fourth-order valence-electron chi connectivity index (χ4n) is 3.45. The van der Waals surface area contributed by atoms with Gasteiger partial charge < -0.3 is 9.47 Å². The summed E-state index contributed by atoms with van der Waals surface area (Å²) in [6.07, 6.45) is -4.12. The predicted molar refractivity (Wildman–Crippen MR) is 106 cm³/mol. The van der Waals surface area contributed by atoms with Crippen LogP contribution in [0.15, 0.2) is 23.3 Å². The lowest BCUT2D eigenvalue weighted by Crippen LogP contribution is -2.42. The first-order chi connectivity index (χ1) is 15.0. The number of amides is 2. The van der Waals surface area contributed by atoms with E-state index in [1.54, 1.807) is 13.8 Å². The molecule has 2 aromatic rings. The molecule has 1 unspecified atom stereocenters. The zero-order valence-corrected chi connectivity index (χ0v) is 17.7. The summed E-state index contributed by atoms with van der Waals surface area (Å²) in [6.45, 7) is 4.68. The third-order valence-electron chi connectivity index (χ3n) is 5.11. The summed E-state index contributed by atoms with van der Waals surface area (Å²) in [7, 11) is 0. The van der Waals surface area contributed by atoms with Gasteiger partial charge in [-0.3, -0.25) is 9.59 Å². The Morgan fingerprint density at radius 1 is 1.25 bits per heavy atom. The highest BCUT2D eigenvalue weighted by molar-refractivity contribution is 5.95. The quantitative estimate of drug-likeness (QED) is 0.427. The van der Waals surface area contributed by atoms with Crippen molar-refractivity contribution in [2.45, 2.75) is 52.4 Å². The first kappa shape index (κ1) is 23.4. The van der Waals surface area contributed by atoms with E-state index in [4.69, 9.17) is 0 Å². The standard InChI is InChI=1S/C20H22F4N6O2/c1-4-16(31)26-25-11(2)9-13-5-6-15(21)14(10-13)18(32)29-7-8-30-17(12(29)3)27-28-19(30)20(22,23)24/h5-6,10,12H,4,7-9H2,1-3H3,(H,26,31). The van der Waals surface area contributed by atoms with Crippen LogP contribution >= 0.6 is 0 Å². The van der Waals surface area contributed by atoms with Gasteiger partial charge in [0.05, 0.1) is 11.6 Å². The molecule has 0 bridgehead atoms. The molecule has 0 saturated heterocycles. The highest BCUT2D eigenvalue weighted by Crippen LogP contribution is 2.33. The summed E-state index contributed by atoms with van der Waals surface area (Å²) < 4.78 is 54.7. The van der Waals surface area contributed by atoms with Crippen molar-refractivity contribution in [3.63, 3.8) is 0 Å². The maximum absolute atomic E-state index is 14.5. The molecule has 0 spiro atoms. The lowest BCUT2D eigenvalue weighted by molar-refractivity contribution is -0.148. The molecule has 8 nitrogen and oxygen atoms in total. The summed E-state index contributed by atoms with van der Waals surface area (Å²) in [5, 5.41) is 10.8. The van der Waals surface area contributed by atoms with Crippen molar-refractivity contribution in [3.8, 4) is 0 Å². The molecular weight excluding hydrogens is 432 g/mol. The second-order valence-corrected chi connectivity index (χ2v) is 7.43. The molecule has 1 aliphatic heterocycles. The Hall–Kier alpha value is -3.31. The highest BCUT2D eigenvalue weighted by Gasteiger charge is 2.42. The SMILES string of the molecule is CCC(=O)NN=C(C)Cc1ccc(F)c(C(=O)N2CCn3c(nnc3C(F)(F)F)C2C)c1. The van der Waals surface area contributed by atoms with Gasteiger partial charge in [-0.1, -0.05) is 13.0 Å². The Morgan fingerprint density at radius 3 is 2.62 bits per heavy atom. The Balaban J connectivity index is 1.81. The number of benzene rings is 1. The van der Waals surface area contributed by atoms with Crippen LogP contribution in [0.5, 0.6) is 0 Å². The number of hydrogen-bond acceptors (Lipinski definition) is 5. The molecule has 2 amide bonds. The van der Waals surface area contributed by atoms with Crippen molar-refractivity contribution in [2.24, 2.45) is 5.10 Å². The number of nitrogens with one attached hydrogen (secondary N) is 1. The van der Waals surface area contributed by atoms with Crippen LogP contribution in [0.2, 0.25) is 0 Å². The van der Waals surface area contributed by atoms with Crippen molar-refractivity contribution < 1.29 is 27.2 Å². The molecule has 0 radical (unpaired) electrons. The fourth-order valence-corrected chi connectivity index (χ4v) is 3.45. The van der Waals surface area contributed by atoms with Gasteiger partial charge >= 0.3 is 6.18 Å². The van der Waals surface area contributed by atoms with Crippen LogP contribution in [0, 0.1) is 5.82 Å². The van der Waals surface area contributed by atoms with Gasteiger partial charge in [0.15, 0.2) is 5.82 Å². The van der Waals surface area contributed by atoms with Gasteiger partial charge in [0.2, 0.25) is 11.7 Å². The number of rotatable bonds is 5. The molecule has 0 aliphatic carbocycles. The van der Waals surface area contributed by atoms with Crippen LogP contribution in [-0.4, -0.2) is 43.7 Å². The average molecular weight is 454 g/mol. The lowest BCUT2D eigenvalue weighted by Gasteiger charge is -2.34. The van der Waals surface area contributed by atoms with Crippen LogP contribution in [0.3, 0.4) is 0 Å². The number of hydrazone groups is 1. The van der Waals surface area contributed by atoms with Crippen LogP contribution in [0.4, 0.5) is 17.6 Å². The number of fused-ring (bicyclic) bond motifs is 1. The van der Waals surface area contributed by atoms with Gasteiger partial charge in [0.25, 0.3) is 5.91 Å². The van der Waals surface area contributed by atoms with Gasteiger partial charge in [-0.05, 0) is 31.5 Å². The van der Waals surface area contributed by atoms with Gasteiger partial charge in [0, 0.05) is 31.6 Å². The number of aromatic nitrogens is 3. The highest BCUT2D eigenvalue weighted by atomic mass is 19.4. The van der Waals surface area contributed by atoms with Crippen molar-refractivity contribution in [2.75, 3.05) is 6.54 Å². The number of halogens is 4. The van der Waals surface area contributed by atoms with E-state index in [9.17, 15) is 27.2 Å². The van der Waals surface area contributed by atoms with Crippen molar-refractivity contribution in [3.05, 3.63) is 46.8 Å². The molecule has 1 N–H and O–H groups in total. The van der Waals surface area contributed by atoms with E-state index >= 15 is 0 Å². The maximum atomic E-state index is 14.5. The van der Waals surface area contributed by atoms with Crippen molar-refractivity contribution >= 4 is 17.5 Å². The van der Waals surface area contributed by atoms with Crippen LogP contribution in [-0.2, 0) is 23.9 Å². The third-order valence-corrected chi connectivity index (χ3v) is 5.11. The molecule has 172 valence electrons. The zero-order chi connectivity index (χ0) is 23.6. The number of carbonyl (C=O) groups excluding carboxylic acids is 2. The van der Waals surface area contributed by atoms with Crippen LogP contribution in [0.1, 0.15) is 60.8 Å². The summed E-state index contributed by atoms with van der Waals surface area (Å²) in [4.78, 5) is 25.6. The number of nitrogens with zero attached hydrogens (tertiary/aromatic N) is 5. The smallest absolute Gasteiger partial charge is 0.327 e. The van der Waals surface area contributed by atoms with Gasteiger partial charge in [0.1, 0.15) is 5.82 Å². The topological polar surface area (TPSA) is 92.5 Å². The molecule has 12 heteroatoms. The predicted octanol–water partition coefficient (Wildman–Crippen LogP) is 3.10. The second-order valence-electron chi connectivity index (χ2n) is 7.43. The largest absolute Gasteiger partial charge is 0.451 e. The minimum absolute atomic E-state index is 0.0110. The van der Waals surface area contributed by atoms with Gasteiger partial charge in [-0.15, -0.1) is 10.2 Å². The van der Waals surface area contributed by atoms with Crippen LogP contribution in [0.25, 0.3) is 0 Å². The summed E-state index contributed by atoms with van der Waals surface area (Å²) >= 11 is 0. The summed E-state index contributed by atoms with van der Waals surface area (Å²) in [5.41, 5.74) is 3.32. The molecule has 2 heterocycles. The Morgan fingerprint density at radius 2 is 1.97 bits per heavy atom. The molecule has 1 aromatic heterocycles. The normalized spacial score (nSPS) is 16.7. The summed E-state index contributed by atoms with van der Waals surface area (Å²) in [6, 6.07) is 3.21. The molecule has 0 fully saturated rings. The Kier molecular flexibility index (Phi) is 6.60. The van der Waals surface area contributed by atoms with Gasteiger partial charge in [-0.2, -0.15) is 18.3 Å². The maximum Gasteiger partial charge on any atom is 0.451 e. The lowest BCUT2D eigenvalue weighted by atomic mass is 10.0. The van der Waals surface area contributed by atoms with Gasteiger partial charge in [-0.25, -0.2) is 9.82 Å². The van der Waals surface area contributed by atoms with Crippen molar-refractivity contribution in [1.29, 1.82) is 0 Å². The number of alkyl halides is 3. The Bertz CT molecular complexity index is 1060. The molecule has 0 saturated carbocycles. The van der Waals surface area contributed by atoms with E-state index in [-0.39, 0.29) is 43.2 Å². The van der Waals surface area contributed by atoms with E-state index in [1.165, 1.54) is 24.0 Å². The third kappa shape index (κ3) is 4.78. The minimum Gasteiger partial charge on any atom is -0.327 e. The van der Waals surface area contributed by atoms with Crippen molar-refractivity contribution in [1.82, 2.24) is 25.1 Å². The number of hydrogen-bond donors (Lipinski definition) is 1. The van der Waals surface area contributed by atoms with E-state index in [1.807, 2.05) is 0 Å². The average Bonchev–Trinajstić information content (AvgIpc) is 3.19. The molecule has 1 aromatic carbocycles. The fraction of sp³-hybridized carbons (Fsp3) is 0.450. The zero-order valence-electron chi connectivity index (χ0n) is 17.7. The molecule has 1 aliphatic rings. The molecular formula is C20H22F4N6O2. The first-order valence-corrected chi connectivity index (χ1v) is 9.94.